The van der Waals surface area contributed by atoms with Crippen molar-refractivity contribution in [2.45, 2.75) is 25.8 Å². The summed E-state index contributed by atoms with van der Waals surface area (Å²) >= 11 is 0. The number of benzene rings is 1. The topological polar surface area (TPSA) is 101 Å². The van der Waals surface area contributed by atoms with E-state index >= 15 is 0 Å². The summed E-state index contributed by atoms with van der Waals surface area (Å²) in [6.45, 7) is 1.07. The van der Waals surface area contributed by atoms with E-state index in [9.17, 15) is 24.0 Å². The number of fused-ring (bicyclic) bond motifs is 1. The summed E-state index contributed by atoms with van der Waals surface area (Å²) in [5, 5.41) is 0. The number of hydrogen-bond donors (Lipinski definition) is 0. The highest BCUT2D eigenvalue weighted by Gasteiger charge is 2.41. The van der Waals surface area contributed by atoms with E-state index in [-0.39, 0.29) is 17.0 Å². The molecule has 0 spiro atoms. The molecule has 0 saturated carbocycles. The smallest absolute Gasteiger partial charge is 0.329 e. The number of carbonyl (C=O) groups is 5. The number of carbonyl (C=O) groups excluding carboxylic acids is 5. The Morgan fingerprint density at radius 2 is 1.72 bits per heavy atom. The quantitative estimate of drug-likeness (QED) is 0.577. The Bertz CT molecular complexity index is 752. The molecule has 4 amide bonds. The van der Waals surface area contributed by atoms with Gasteiger partial charge in [-0.3, -0.25) is 29.0 Å². The number of esters is 1. The van der Waals surface area contributed by atoms with Crippen LogP contribution < -0.4 is 0 Å². The lowest BCUT2D eigenvalue weighted by Gasteiger charge is -2.21. The number of likely N-dealkylation sites (tertiary alicyclic amines) is 1. The lowest BCUT2D eigenvalue weighted by atomic mass is 10.1. The first kappa shape index (κ1) is 16.8. The van der Waals surface area contributed by atoms with Gasteiger partial charge in [0.15, 0.2) is 6.61 Å². The van der Waals surface area contributed by atoms with E-state index in [4.69, 9.17) is 4.74 Å². The molecule has 0 aromatic heterocycles. The van der Waals surface area contributed by atoms with Gasteiger partial charge in [-0.25, -0.2) is 4.79 Å². The predicted octanol–water partition coefficient (Wildman–Crippen LogP) is 0.363. The molecule has 1 fully saturated rings. The lowest BCUT2D eigenvalue weighted by Crippen LogP contribution is -2.45. The molecular formula is C17H16N2O6. The fraction of sp³-hybridized carbons (Fsp3) is 0.353. The summed E-state index contributed by atoms with van der Waals surface area (Å²) in [5.41, 5.74) is 0.455. The number of rotatable bonds is 4. The van der Waals surface area contributed by atoms with Gasteiger partial charge in [-0.2, -0.15) is 0 Å². The van der Waals surface area contributed by atoms with Crippen LogP contribution >= 0.6 is 0 Å². The van der Waals surface area contributed by atoms with Crippen molar-refractivity contribution in [3.63, 3.8) is 0 Å². The monoisotopic (exact) mass is 344 g/mol. The van der Waals surface area contributed by atoms with Crippen molar-refractivity contribution in [1.29, 1.82) is 0 Å². The van der Waals surface area contributed by atoms with Crippen molar-refractivity contribution < 1.29 is 28.7 Å². The zero-order chi connectivity index (χ0) is 18.1. The maximum absolute atomic E-state index is 12.3. The van der Waals surface area contributed by atoms with E-state index in [1.165, 1.54) is 19.1 Å². The van der Waals surface area contributed by atoms with Gasteiger partial charge in [-0.1, -0.05) is 12.1 Å². The largest absolute Gasteiger partial charge is 0.454 e. The Morgan fingerprint density at radius 3 is 2.24 bits per heavy atom. The van der Waals surface area contributed by atoms with Gasteiger partial charge in [0.25, 0.3) is 17.7 Å². The van der Waals surface area contributed by atoms with Gasteiger partial charge in [0.05, 0.1) is 11.1 Å². The van der Waals surface area contributed by atoms with Crippen LogP contribution in [0.25, 0.3) is 0 Å². The Kier molecular flexibility index (Phi) is 4.35. The minimum Gasteiger partial charge on any atom is -0.454 e. The molecule has 1 aromatic carbocycles. The van der Waals surface area contributed by atoms with Crippen LogP contribution in [-0.4, -0.2) is 58.6 Å². The summed E-state index contributed by atoms with van der Waals surface area (Å²) in [6, 6.07) is 5.10. The highest BCUT2D eigenvalue weighted by molar-refractivity contribution is 6.22. The molecule has 2 aliphatic heterocycles. The van der Waals surface area contributed by atoms with E-state index in [1.807, 2.05) is 0 Å². The molecule has 2 heterocycles. The van der Waals surface area contributed by atoms with Gasteiger partial charge < -0.3 is 4.74 Å². The molecule has 2 aliphatic rings. The summed E-state index contributed by atoms with van der Waals surface area (Å²) < 4.78 is 4.91. The van der Waals surface area contributed by atoms with Crippen LogP contribution in [-0.2, 0) is 19.1 Å². The Hall–Kier alpha value is -3.03. The molecule has 1 atom stereocenters. The SMILES string of the molecule is CC(C(=O)OCC(=O)N1CCCC1=O)N1C(=O)c2ccccc2C1=O. The summed E-state index contributed by atoms with van der Waals surface area (Å²) in [4.78, 5) is 62.0. The number of ether oxygens (including phenoxy) is 1. The summed E-state index contributed by atoms with van der Waals surface area (Å²) in [5.74, 6) is -2.94. The van der Waals surface area contributed by atoms with Gasteiger partial charge in [0, 0.05) is 13.0 Å². The molecule has 1 saturated heterocycles. The normalized spacial score (nSPS) is 17.7. The average Bonchev–Trinajstić information content (AvgIpc) is 3.14. The fourth-order valence-electron chi connectivity index (χ4n) is 2.91. The standard InChI is InChI=1S/C17H16N2O6/c1-10(17(24)25-9-14(21)18-8-4-7-13(18)20)19-15(22)11-5-2-3-6-12(11)16(19)23/h2-3,5-6,10H,4,7-9H2,1H3. The maximum atomic E-state index is 12.3. The van der Waals surface area contributed by atoms with Crippen LogP contribution in [0.5, 0.6) is 0 Å². The van der Waals surface area contributed by atoms with Gasteiger partial charge in [0.1, 0.15) is 6.04 Å². The molecule has 1 unspecified atom stereocenters. The van der Waals surface area contributed by atoms with Gasteiger partial charge in [0.2, 0.25) is 5.91 Å². The van der Waals surface area contributed by atoms with E-state index in [2.05, 4.69) is 0 Å². The molecular weight excluding hydrogens is 328 g/mol. The highest BCUT2D eigenvalue weighted by Crippen LogP contribution is 2.24. The Balaban J connectivity index is 1.63. The molecule has 0 N–H and O–H groups in total. The zero-order valence-corrected chi connectivity index (χ0v) is 13.6. The molecule has 0 radical (unpaired) electrons. The van der Waals surface area contributed by atoms with Crippen LogP contribution in [0.15, 0.2) is 24.3 Å². The van der Waals surface area contributed by atoms with Crippen molar-refractivity contribution >= 4 is 29.6 Å². The number of hydrogen-bond acceptors (Lipinski definition) is 6. The molecule has 130 valence electrons. The zero-order valence-electron chi connectivity index (χ0n) is 13.6. The third-order valence-electron chi connectivity index (χ3n) is 4.27. The van der Waals surface area contributed by atoms with Crippen molar-refractivity contribution in [1.82, 2.24) is 9.80 Å². The van der Waals surface area contributed by atoms with Crippen LogP contribution in [0.1, 0.15) is 40.5 Å². The minimum atomic E-state index is -1.17. The molecule has 25 heavy (non-hydrogen) atoms. The predicted molar refractivity (Wildman–Crippen MR) is 83.3 cm³/mol. The first-order valence-electron chi connectivity index (χ1n) is 7.88. The molecule has 8 heteroatoms. The van der Waals surface area contributed by atoms with Crippen molar-refractivity contribution in [2.75, 3.05) is 13.2 Å². The molecule has 1 aromatic rings. The van der Waals surface area contributed by atoms with Crippen LogP contribution in [0.2, 0.25) is 0 Å². The number of imide groups is 2. The average molecular weight is 344 g/mol. The van der Waals surface area contributed by atoms with Crippen LogP contribution in [0.3, 0.4) is 0 Å². The Morgan fingerprint density at radius 1 is 1.12 bits per heavy atom. The molecule has 3 rings (SSSR count). The van der Waals surface area contributed by atoms with E-state index in [0.717, 1.165) is 9.80 Å². The van der Waals surface area contributed by atoms with Crippen LogP contribution in [0, 0.1) is 0 Å². The third-order valence-corrected chi connectivity index (χ3v) is 4.27. The summed E-state index contributed by atoms with van der Waals surface area (Å²) in [7, 11) is 0. The maximum Gasteiger partial charge on any atom is 0.329 e. The van der Waals surface area contributed by atoms with Gasteiger partial charge in [-0.15, -0.1) is 0 Å². The third kappa shape index (κ3) is 2.90. The van der Waals surface area contributed by atoms with E-state index in [0.29, 0.717) is 19.4 Å². The van der Waals surface area contributed by atoms with E-state index in [1.54, 1.807) is 12.1 Å². The van der Waals surface area contributed by atoms with Gasteiger partial charge in [-0.05, 0) is 25.5 Å². The minimum absolute atomic E-state index is 0.228. The van der Waals surface area contributed by atoms with Crippen molar-refractivity contribution in [3.8, 4) is 0 Å². The van der Waals surface area contributed by atoms with E-state index < -0.39 is 36.3 Å². The second-order valence-electron chi connectivity index (χ2n) is 5.85. The van der Waals surface area contributed by atoms with Crippen molar-refractivity contribution in [2.24, 2.45) is 0 Å². The first-order valence-corrected chi connectivity index (χ1v) is 7.88. The molecule has 0 bridgehead atoms. The Labute approximate surface area is 143 Å². The highest BCUT2D eigenvalue weighted by atomic mass is 16.5. The second-order valence-corrected chi connectivity index (χ2v) is 5.85. The molecule has 0 aliphatic carbocycles. The van der Waals surface area contributed by atoms with Crippen molar-refractivity contribution in [3.05, 3.63) is 35.4 Å². The first-order chi connectivity index (χ1) is 11.9. The van der Waals surface area contributed by atoms with Crippen LogP contribution in [0.4, 0.5) is 0 Å². The number of nitrogens with zero attached hydrogens (tertiary/aromatic N) is 2. The summed E-state index contributed by atoms with van der Waals surface area (Å²) in [6.07, 6.45) is 0.884. The lowest BCUT2D eigenvalue weighted by molar-refractivity contribution is -0.156. The second kappa shape index (κ2) is 6.46. The van der Waals surface area contributed by atoms with Gasteiger partial charge >= 0.3 is 5.97 Å². The number of amides is 4. The fourth-order valence-corrected chi connectivity index (χ4v) is 2.91. The molecule has 8 nitrogen and oxygen atoms in total.